The summed E-state index contributed by atoms with van der Waals surface area (Å²) < 4.78 is 5.22. The van der Waals surface area contributed by atoms with E-state index in [1.807, 2.05) is 13.8 Å². The first kappa shape index (κ1) is 11.5. The molecule has 0 unspecified atom stereocenters. The highest BCUT2D eigenvalue weighted by atomic mass is 16.6. The molecule has 0 atom stereocenters. The van der Waals surface area contributed by atoms with Crippen LogP contribution in [0.5, 0.6) is 0 Å². The Morgan fingerprint density at radius 1 is 1.50 bits per heavy atom. The SMILES string of the molecule is CC(C)(OC(=O)CO)C1CC[NH2+]CC1. The van der Waals surface area contributed by atoms with Crippen LogP contribution in [0.3, 0.4) is 0 Å². The Balaban J connectivity index is 2.49. The van der Waals surface area contributed by atoms with E-state index in [1.165, 1.54) is 0 Å². The Morgan fingerprint density at radius 2 is 2.07 bits per heavy atom. The van der Waals surface area contributed by atoms with Crippen LogP contribution < -0.4 is 5.32 Å². The maximum Gasteiger partial charge on any atom is 0.332 e. The van der Waals surface area contributed by atoms with Crippen LogP contribution in [0.15, 0.2) is 0 Å². The topological polar surface area (TPSA) is 63.1 Å². The first-order valence-electron chi connectivity index (χ1n) is 5.20. The molecule has 0 spiro atoms. The second kappa shape index (κ2) is 4.75. The molecule has 4 nitrogen and oxygen atoms in total. The predicted octanol–water partition coefficient (Wildman–Crippen LogP) is -0.726. The number of piperidine rings is 1. The molecular weight excluding hydrogens is 182 g/mol. The number of hydrogen-bond acceptors (Lipinski definition) is 3. The van der Waals surface area contributed by atoms with Gasteiger partial charge in [-0.25, -0.2) is 4.79 Å². The van der Waals surface area contributed by atoms with Crippen molar-refractivity contribution < 1.29 is 20.0 Å². The number of esters is 1. The van der Waals surface area contributed by atoms with Gasteiger partial charge in [-0.1, -0.05) is 0 Å². The smallest absolute Gasteiger partial charge is 0.332 e. The van der Waals surface area contributed by atoms with Gasteiger partial charge in [-0.3, -0.25) is 0 Å². The zero-order valence-electron chi connectivity index (χ0n) is 8.95. The van der Waals surface area contributed by atoms with E-state index in [4.69, 9.17) is 9.84 Å². The number of aliphatic hydroxyl groups excluding tert-OH is 1. The van der Waals surface area contributed by atoms with Crippen molar-refractivity contribution in [1.82, 2.24) is 0 Å². The molecule has 3 N–H and O–H groups in total. The first-order valence-corrected chi connectivity index (χ1v) is 5.20. The zero-order chi connectivity index (χ0) is 10.6. The Labute approximate surface area is 84.6 Å². The minimum atomic E-state index is -0.526. The van der Waals surface area contributed by atoms with Crippen LogP contribution in [0.25, 0.3) is 0 Å². The summed E-state index contributed by atoms with van der Waals surface area (Å²) in [5, 5.41) is 10.9. The highest BCUT2D eigenvalue weighted by molar-refractivity contribution is 5.70. The highest BCUT2D eigenvalue weighted by Crippen LogP contribution is 2.27. The lowest BCUT2D eigenvalue weighted by molar-refractivity contribution is -0.665. The van der Waals surface area contributed by atoms with Crippen molar-refractivity contribution in [2.24, 2.45) is 5.92 Å². The number of aliphatic hydroxyl groups is 1. The first-order chi connectivity index (χ1) is 6.56. The minimum absolute atomic E-state index is 0.419. The van der Waals surface area contributed by atoms with Gasteiger partial charge in [-0.2, -0.15) is 0 Å². The molecule has 1 saturated heterocycles. The lowest BCUT2D eigenvalue weighted by Crippen LogP contribution is -2.86. The predicted molar refractivity (Wildman–Crippen MR) is 51.6 cm³/mol. The molecular formula is C10H20NO3+. The maximum atomic E-state index is 11.0. The summed E-state index contributed by atoms with van der Waals surface area (Å²) in [4.78, 5) is 11.0. The van der Waals surface area contributed by atoms with Crippen molar-refractivity contribution in [3.05, 3.63) is 0 Å². The molecule has 1 heterocycles. The van der Waals surface area contributed by atoms with Crippen molar-refractivity contribution in [3.8, 4) is 0 Å². The molecule has 1 rings (SSSR count). The summed E-state index contributed by atoms with van der Waals surface area (Å²) in [5.41, 5.74) is -0.436. The third-order valence-electron chi connectivity index (χ3n) is 2.93. The monoisotopic (exact) mass is 202 g/mol. The number of rotatable bonds is 3. The third-order valence-corrected chi connectivity index (χ3v) is 2.93. The van der Waals surface area contributed by atoms with Crippen LogP contribution in [0.1, 0.15) is 26.7 Å². The Bertz CT molecular complexity index is 198. The van der Waals surface area contributed by atoms with E-state index in [-0.39, 0.29) is 0 Å². The molecule has 4 heteroatoms. The number of carbonyl (C=O) groups is 1. The molecule has 1 fully saturated rings. The minimum Gasteiger partial charge on any atom is -0.458 e. The van der Waals surface area contributed by atoms with Gasteiger partial charge in [0.2, 0.25) is 0 Å². The largest absolute Gasteiger partial charge is 0.458 e. The van der Waals surface area contributed by atoms with E-state index in [0.29, 0.717) is 5.92 Å². The van der Waals surface area contributed by atoms with Gasteiger partial charge in [0, 0.05) is 18.8 Å². The summed E-state index contributed by atoms with van der Waals surface area (Å²) >= 11 is 0. The van der Waals surface area contributed by atoms with Crippen LogP contribution in [0, 0.1) is 5.92 Å². The number of quaternary nitrogens is 1. The average Bonchev–Trinajstić information content (AvgIpc) is 2.18. The Hall–Kier alpha value is -0.610. The van der Waals surface area contributed by atoms with Gasteiger partial charge in [0.25, 0.3) is 0 Å². The highest BCUT2D eigenvalue weighted by Gasteiger charge is 2.34. The molecule has 0 saturated carbocycles. The zero-order valence-corrected chi connectivity index (χ0v) is 8.95. The van der Waals surface area contributed by atoms with Crippen LogP contribution in [0.4, 0.5) is 0 Å². The Kier molecular flexibility index (Phi) is 3.89. The molecule has 82 valence electrons. The van der Waals surface area contributed by atoms with Crippen LogP contribution in [-0.4, -0.2) is 36.4 Å². The van der Waals surface area contributed by atoms with Gasteiger partial charge in [-0.15, -0.1) is 0 Å². The van der Waals surface area contributed by atoms with E-state index in [1.54, 1.807) is 0 Å². The Morgan fingerprint density at radius 3 is 2.57 bits per heavy atom. The molecule has 0 aromatic carbocycles. The maximum absolute atomic E-state index is 11.0. The van der Waals surface area contributed by atoms with Crippen molar-refractivity contribution in [1.29, 1.82) is 0 Å². The van der Waals surface area contributed by atoms with Gasteiger partial charge < -0.3 is 15.2 Å². The quantitative estimate of drug-likeness (QED) is 0.593. The van der Waals surface area contributed by atoms with Crippen molar-refractivity contribution in [2.75, 3.05) is 19.7 Å². The fourth-order valence-corrected chi connectivity index (χ4v) is 2.03. The summed E-state index contributed by atoms with van der Waals surface area (Å²) in [6.07, 6.45) is 2.15. The van der Waals surface area contributed by atoms with Crippen molar-refractivity contribution in [2.45, 2.75) is 32.3 Å². The van der Waals surface area contributed by atoms with Gasteiger partial charge >= 0.3 is 5.97 Å². The van der Waals surface area contributed by atoms with Gasteiger partial charge in [0.1, 0.15) is 12.2 Å². The second-order valence-corrected chi connectivity index (χ2v) is 4.38. The number of hydrogen-bond donors (Lipinski definition) is 2. The fourth-order valence-electron chi connectivity index (χ4n) is 2.03. The third kappa shape index (κ3) is 2.96. The van der Waals surface area contributed by atoms with Crippen molar-refractivity contribution >= 4 is 5.97 Å². The van der Waals surface area contributed by atoms with Crippen LogP contribution in [0.2, 0.25) is 0 Å². The lowest BCUT2D eigenvalue weighted by Gasteiger charge is -2.35. The molecule has 0 radical (unpaired) electrons. The summed E-state index contributed by atoms with van der Waals surface area (Å²) in [5.74, 6) is -0.104. The summed E-state index contributed by atoms with van der Waals surface area (Å²) in [6.45, 7) is 5.53. The molecule has 14 heavy (non-hydrogen) atoms. The summed E-state index contributed by atoms with van der Waals surface area (Å²) in [7, 11) is 0. The van der Waals surface area contributed by atoms with E-state index in [2.05, 4.69) is 5.32 Å². The normalized spacial score (nSPS) is 19.4. The molecule has 0 bridgehead atoms. The number of nitrogens with two attached hydrogens (primary N) is 1. The molecule has 1 aliphatic heterocycles. The van der Waals surface area contributed by atoms with Crippen molar-refractivity contribution in [3.63, 3.8) is 0 Å². The van der Waals surface area contributed by atoms with E-state index >= 15 is 0 Å². The standard InChI is InChI=1S/C10H19NO3/c1-10(2,14-9(13)7-12)8-3-5-11-6-4-8/h8,11-12H,3-7H2,1-2H3/p+1. The molecule has 1 aliphatic rings. The van der Waals surface area contributed by atoms with E-state index in [9.17, 15) is 4.79 Å². The van der Waals surface area contributed by atoms with Gasteiger partial charge in [0.05, 0.1) is 13.1 Å². The molecule has 0 aliphatic carbocycles. The summed E-state index contributed by atoms with van der Waals surface area (Å²) in [6, 6.07) is 0. The average molecular weight is 202 g/mol. The number of ether oxygens (including phenoxy) is 1. The van der Waals surface area contributed by atoms with Gasteiger partial charge in [-0.05, 0) is 13.8 Å². The van der Waals surface area contributed by atoms with Crippen LogP contribution >= 0.6 is 0 Å². The fraction of sp³-hybridized carbons (Fsp3) is 0.900. The second-order valence-electron chi connectivity index (χ2n) is 4.38. The lowest BCUT2D eigenvalue weighted by atomic mass is 9.83. The number of carbonyl (C=O) groups excluding carboxylic acids is 1. The molecule has 0 aromatic heterocycles. The van der Waals surface area contributed by atoms with Crippen LogP contribution in [-0.2, 0) is 9.53 Å². The van der Waals surface area contributed by atoms with E-state index in [0.717, 1.165) is 25.9 Å². The molecule has 0 aromatic rings. The van der Waals surface area contributed by atoms with E-state index < -0.39 is 18.2 Å². The molecule has 0 amide bonds. The van der Waals surface area contributed by atoms with Gasteiger partial charge in [0.15, 0.2) is 0 Å².